The molecule has 1 aromatic heterocycles. The number of likely N-dealkylation sites (tertiary alicyclic amines) is 2. The maximum absolute atomic E-state index is 12.8. The molecule has 0 radical (unpaired) electrons. The minimum Gasteiger partial charge on any atom is -0.381 e. The number of halogens is 1. The van der Waals surface area contributed by atoms with Crippen molar-refractivity contribution in [2.75, 3.05) is 46.4 Å². The minimum atomic E-state index is 0.0930. The monoisotopic (exact) mass is 562 g/mol. The number of benzene rings is 2. The average molecular weight is 563 g/mol. The van der Waals surface area contributed by atoms with Crippen LogP contribution in [0.5, 0.6) is 0 Å². The van der Waals surface area contributed by atoms with Gasteiger partial charge in [-0.2, -0.15) is 5.10 Å². The molecule has 0 spiro atoms. The Balaban J connectivity index is 0.000000223. The standard InChI is InChI=1S/C21H24ClN3O3.C11H15N/c22-18-1-3-19(4-2-18)25-20(17(14-26)13-23-25)15-5-9-24(10-6-15)21(27)16-7-11-28-12-8-16;1-12-8-7-11(9-12)10-5-3-2-4-6-10/h1-4,13-16H,5-12H2;2-6,11H,7-9H2,1H3. The van der Waals surface area contributed by atoms with Crippen LogP contribution in [0.25, 0.3) is 5.69 Å². The fourth-order valence-corrected chi connectivity index (χ4v) is 6.29. The molecule has 3 aromatic rings. The maximum Gasteiger partial charge on any atom is 0.225 e. The van der Waals surface area contributed by atoms with Crippen molar-refractivity contribution < 1.29 is 14.3 Å². The zero-order valence-electron chi connectivity index (χ0n) is 23.3. The van der Waals surface area contributed by atoms with Gasteiger partial charge in [0, 0.05) is 49.7 Å². The third-order valence-electron chi connectivity index (χ3n) is 8.46. The fraction of sp³-hybridized carbons (Fsp3) is 0.469. The van der Waals surface area contributed by atoms with Gasteiger partial charge in [0.05, 0.1) is 23.1 Å². The first-order valence-corrected chi connectivity index (χ1v) is 14.8. The molecule has 1 amide bonds. The summed E-state index contributed by atoms with van der Waals surface area (Å²) in [5, 5.41) is 5.10. The van der Waals surface area contributed by atoms with Crippen molar-refractivity contribution in [3.05, 3.63) is 82.6 Å². The van der Waals surface area contributed by atoms with E-state index in [-0.39, 0.29) is 17.7 Å². The third kappa shape index (κ3) is 6.82. The van der Waals surface area contributed by atoms with Crippen LogP contribution < -0.4 is 0 Å². The van der Waals surface area contributed by atoms with E-state index in [4.69, 9.17) is 16.3 Å². The second-order valence-electron chi connectivity index (χ2n) is 11.1. The highest BCUT2D eigenvalue weighted by Gasteiger charge is 2.32. The van der Waals surface area contributed by atoms with Crippen molar-refractivity contribution in [3.8, 4) is 5.69 Å². The van der Waals surface area contributed by atoms with Crippen LogP contribution in [0.3, 0.4) is 0 Å². The summed E-state index contributed by atoms with van der Waals surface area (Å²) >= 11 is 6.00. The van der Waals surface area contributed by atoms with E-state index in [2.05, 4.69) is 47.4 Å². The number of piperidine rings is 1. The summed E-state index contributed by atoms with van der Waals surface area (Å²) in [5.41, 5.74) is 3.93. The van der Waals surface area contributed by atoms with Crippen molar-refractivity contribution in [3.63, 3.8) is 0 Å². The molecule has 40 heavy (non-hydrogen) atoms. The van der Waals surface area contributed by atoms with Gasteiger partial charge in [0.2, 0.25) is 5.91 Å². The number of likely N-dealkylation sites (N-methyl/N-ethyl adjacent to an activating group) is 1. The number of aldehydes is 1. The van der Waals surface area contributed by atoms with Crippen LogP contribution in [0.1, 0.15) is 65.6 Å². The second kappa shape index (κ2) is 13.6. The van der Waals surface area contributed by atoms with Gasteiger partial charge >= 0.3 is 0 Å². The number of hydrogen-bond acceptors (Lipinski definition) is 5. The molecular formula is C32H39ClN4O3. The molecule has 0 N–H and O–H groups in total. The lowest BCUT2D eigenvalue weighted by atomic mass is 9.89. The zero-order chi connectivity index (χ0) is 27.9. The number of amides is 1. The van der Waals surface area contributed by atoms with Gasteiger partial charge in [-0.15, -0.1) is 0 Å². The summed E-state index contributed by atoms with van der Waals surface area (Å²) in [5.74, 6) is 1.31. The lowest BCUT2D eigenvalue weighted by molar-refractivity contribution is -0.139. The molecule has 0 saturated carbocycles. The number of hydrogen-bond donors (Lipinski definition) is 0. The predicted molar refractivity (Wildman–Crippen MR) is 157 cm³/mol. The van der Waals surface area contributed by atoms with Gasteiger partial charge in [-0.25, -0.2) is 4.68 Å². The lowest BCUT2D eigenvalue weighted by Gasteiger charge is -2.35. The number of nitrogens with zero attached hydrogens (tertiary/aromatic N) is 4. The summed E-state index contributed by atoms with van der Waals surface area (Å²) in [4.78, 5) is 28.8. The van der Waals surface area contributed by atoms with Gasteiger partial charge in [0.1, 0.15) is 0 Å². The summed E-state index contributed by atoms with van der Waals surface area (Å²) < 4.78 is 7.20. The lowest BCUT2D eigenvalue weighted by Crippen LogP contribution is -2.43. The van der Waals surface area contributed by atoms with E-state index in [1.165, 1.54) is 25.1 Å². The number of aromatic nitrogens is 2. The van der Waals surface area contributed by atoms with Crippen molar-refractivity contribution >= 4 is 23.8 Å². The molecule has 3 aliphatic rings. The largest absolute Gasteiger partial charge is 0.381 e. The van der Waals surface area contributed by atoms with E-state index < -0.39 is 0 Å². The van der Waals surface area contributed by atoms with Crippen LogP contribution in [0.4, 0.5) is 0 Å². The minimum absolute atomic E-state index is 0.0930. The first-order chi connectivity index (χ1) is 19.5. The molecule has 8 heteroatoms. The van der Waals surface area contributed by atoms with Crippen LogP contribution in [0.15, 0.2) is 60.8 Å². The topological polar surface area (TPSA) is 67.7 Å². The molecule has 1 atom stereocenters. The summed E-state index contributed by atoms with van der Waals surface area (Å²) in [6, 6.07) is 18.3. The molecule has 0 aliphatic carbocycles. The Labute approximate surface area is 242 Å². The molecule has 2 aromatic carbocycles. The van der Waals surface area contributed by atoms with Crippen molar-refractivity contribution in [1.82, 2.24) is 19.6 Å². The van der Waals surface area contributed by atoms with Gasteiger partial charge in [-0.05, 0) is 81.4 Å². The van der Waals surface area contributed by atoms with E-state index in [0.29, 0.717) is 36.9 Å². The molecule has 1 unspecified atom stereocenters. The first-order valence-electron chi connectivity index (χ1n) is 14.4. The Kier molecular flexibility index (Phi) is 9.68. The Bertz CT molecular complexity index is 1250. The molecule has 212 valence electrons. The summed E-state index contributed by atoms with van der Waals surface area (Å²) in [7, 11) is 2.20. The maximum atomic E-state index is 12.8. The average Bonchev–Trinajstić information content (AvgIpc) is 3.65. The fourth-order valence-electron chi connectivity index (χ4n) is 6.17. The Morgan fingerprint density at radius 3 is 2.23 bits per heavy atom. The predicted octanol–water partition coefficient (Wildman–Crippen LogP) is 5.58. The van der Waals surface area contributed by atoms with Crippen LogP contribution in [0.2, 0.25) is 5.02 Å². The molecule has 3 fully saturated rings. The summed E-state index contributed by atoms with van der Waals surface area (Å²) in [6.45, 7) is 5.26. The van der Waals surface area contributed by atoms with E-state index in [0.717, 1.165) is 49.3 Å². The van der Waals surface area contributed by atoms with Gasteiger partial charge < -0.3 is 14.5 Å². The molecular weight excluding hydrogens is 524 g/mol. The molecule has 3 saturated heterocycles. The second-order valence-corrected chi connectivity index (χ2v) is 11.6. The van der Waals surface area contributed by atoms with Gasteiger partial charge in [-0.1, -0.05) is 41.9 Å². The van der Waals surface area contributed by atoms with E-state index in [1.807, 2.05) is 33.8 Å². The highest BCUT2D eigenvalue weighted by molar-refractivity contribution is 6.30. The van der Waals surface area contributed by atoms with Crippen LogP contribution in [-0.4, -0.2) is 78.2 Å². The van der Waals surface area contributed by atoms with Gasteiger partial charge in [0.15, 0.2) is 6.29 Å². The van der Waals surface area contributed by atoms with E-state index >= 15 is 0 Å². The SMILES string of the molecule is CN1CCC(c2ccccc2)C1.O=Cc1cnn(-c2ccc(Cl)cc2)c1C1CCN(C(=O)C2CCOCC2)CC1. The van der Waals surface area contributed by atoms with Crippen LogP contribution in [0, 0.1) is 5.92 Å². The molecule has 7 nitrogen and oxygen atoms in total. The van der Waals surface area contributed by atoms with Gasteiger partial charge in [0.25, 0.3) is 0 Å². The first kappa shape index (κ1) is 28.5. The van der Waals surface area contributed by atoms with Crippen molar-refractivity contribution in [2.24, 2.45) is 5.92 Å². The van der Waals surface area contributed by atoms with Crippen molar-refractivity contribution in [1.29, 1.82) is 0 Å². The van der Waals surface area contributed by atoms with E-state index in [1.54, 1.807) is 6.20 Å². The molecule has 0 bridgehead atoms. The number of carbonyl (C=O) groups is 2. The summed E-state index contributed by atoms with van der Waals surface area (Å²) in [6.07, 6.45) is 7.10. The van der Waals surface area contributed by atoms with E-state index in [9.17, 15) is 9.59 Å². The number of rotatable bonds is 5. The number of ether oxygens (including phenoxy) is 1. The zero-order valence-corrected chi connectivity index (χ0v) is 24.0. The highest BCUT2D eigenvalue weighted by atomic mass is 35.5. The highest BCUT2D eigenvalue weighted by Crippen LogP contribution is 2.33. The quantitative estimate of drug-likeness (QED) is 0.380. The Morgan fingerprint density at radius 2 is 1.60 bits per heavy atom. The number of carbonyl (C=O) groups excluding carboxylic acids is 2. The van der Waals surface area contributed by atoms with Crippen molar-refractivity contribution in [2.45, 2.75) is 43.9 Å². The molecule has 3 aliphatic heterocycles. The Morgan fingerprint density at radius 1 is 0.925 bits per heavy atom. The third-order valence-corrected chi connectivity index (χ3v) is 8.71. The molecule has 4 heterocycles. The van der Waals surface area contributed by atoms with Crippen LogP contribution in [-0.2, 0) is 9.53 Å². The smallest absolute Gasteiger partial charge is 0.225 e. The van der Waals surface area contributed by atoms with Crippen LogP contribution >= 0.6 is 11.6 Å². The van der Waals surface area contributed by atoms with Gasteiger partial charge in [-0.3, -0.25) is 9.59 Å². The Hall–Kier alpha value is -3.00. The normalized spacial score (nSPS) is 20.6. The molecule has 6 rings (SSSR count).